The summed E-state index contributed by atoms with van der Waals surface area (Å²) in [6, 6.07) is 3.61. The number of alkyl halides is 1. The minimum atomic E-state index is -0.153. The molecule has 0 bridgehead atoms. The van der Waals surface area contributed by atoms with Crippen molar-refractivity contribution >= 4 is 29.0 Å². The van der Waals surface area contributed by atoms with Gasteiger partial charge in [0.25, 0.3) is 0 Å². The SMILES string of the molecule is CCC(C)(CCl)Nc1ncccc1Cl. The monoisotopic (exact) mass is 232 g/mol. The van der Waals surface area contributed by atoms with Gasteiger partial charge in [-0.15, -0.1) is 11.6 Å². The number of hydrogen-bond donors (Lipinski definition) is 1. The third-order valence-corrected chi connectivity index (χ3v) is 3.15. The second kappa shape index (κ2) is 4.85. The van der Waals surface area contributed by atoms with Crippen LogP contribution in [0, 0.1) is 0 Å². The Kier molecular flexibility index (Phi) is 4.02. The highest BCUT2D eigenvalue weighted by Crippen LogP contribution is 2.24. The van der Waals surface area contributed by atoms with Gasteiger partial charge < -0.3 is 5.32 Å². The first kappa shape index (κ1) is 11.6. The van der Waals surface area contributed by atoms with E-state index in [4.69, 9.17) is 23.2 Å². The number of anilines is 1. The lowest BCUT2D eigenvalue weighted by molar-refractivity contribution is 0.551. The van der Waals surface area contributed by atoms with E-state index in [0.717, 1.165) is 6.42 Å². The first-order valence-electron chi connectivity index (χ1n) is 4.56. The zero-order valence-electron chi connectivity index (χ0n) is 8.35. The number of halogens is 2. The fourth-order valence-corrected chi connectivity index (χ4v) is 1.40. The Morgan fingerprint density at radius 3 is 2.79 bits per heavy atom. The maximum Gasteiger partial charge on any atom is 0.145 e. The quantitative estimate of drug-likeness (QED) is 0.804. The van der Waals surface area contributed by atoms with E-state index < -0.39 is 0 Å². The molecule has 0 aliphatic carbocycles. The van der Waals surface area contributed by atoms with Crippen LogP contribution in [0.3, 0.4) is 0 Å². The minimum absolute atomic E-state index is 0.153. The molecular formula is C10H14Cl2N2. The molecule has 1 N–H and O–H groups in total. The van der Waals surface area contributed by atoms with E-state index in [1.165, 1.54) is 0 Å². The fourth-order valence-electron chi connectivity index (χ4n) is 0.980. The fraction of sp³-hybridized carbons (Fsp3) is 0.500. The molecule has 1 heterocycles. The van der Waals surface area contributed by atoms with Gasteiger partial charge in [-0.1, -0.05) is 18.5 Å². The van der Waals surface area contributed by atoms with Gasteiger partial charge in [0, 0.05) is 17.6 Å². The highest BCUT2D eigenvalue weighted by atomic mass is 35.5. The standard InChI is InChI=1S/C10H14Cl2N2/c1-3-10(2,7-11)14-9-8(12)5-4-6-13-9/h4-6H,3,7H2,1-2H3,(H,13,14). The summed E-state index contributed by atoms with van der Waals surface area (Å²) in [6.45, 7) is 4.12. The maximum absolute atomic E-state index is 5.98. The van der Waals surface area contributed by atoms with Gasteiger partial charge >= 0.3 is 0 Å². The second-order valence-corrected chi connectivity index (χ2v) is 4.18. The summed E-state index contributed by atoms with van der Waals surface area (Å²) >= 11 is 11.9. The molecule has 14 heavy (non-hydrogen) atoms. The van der Waals surface area contributed by atoms with Crippen LogP contribution in [0.1, 0.15) is 20.3 Å². The van der Waals surface area contributed by atoms with Crippen LogP contribution in [-0.4, -0.2) is 16.4 Å². The van der Waals surface area contributed by atoms with Crippen molar-refractivity contribution in [2.24, 2.45) is 0 Å². The van der Waals surface area contributed by atoms with Crippen molar-refractivity contribution in [2.45, 2.75) is 25.8 Å². The minimum Gasteiger partial charge on any atom is -0.362 e. The molecule has 0 spiro atoms. The second-order valence-electron chi connectivity index (χ2n) is 3.51. The largest absolute Gasteiger partial charge is 0.362 e. The molecule has 1 aromatic heterocycles. The van der Waals surface area contributed by atoms with Crippen molar-refractivity contribution < 1.29 is 0 Å². The number of pyridine rings is 1. The third kappa shape index (κ3) is 2.76. The van der Waals surface area contributed by atoms with Crippen molar-refractivity contribution in [1.29, 1.82) is 0 Å². The van der Waals surface area contributed by atoms with Crippen LogP contribution >= 0.6 is 23.2 Å². The lowest BCUT2D eigenvalue weighted by Gasteiger charge is -2.28. The Balaban J connectivity index is 2.82. The van der Waals surface area contributed by atoms with Crippen LogP contribution in [0.15, 0.2) is 18.3 Å². The molecule has 0 saturated heterocycles. The summed E-state index contributed by atoms with van der Waals surface area (Å²) in [7, 11) is 0. The van der Waals surface area contributed by atoms with Crippen LogP contribution in [-0.2, 0) is 0 Å². The molecule has 4 heteroatoms. The van der Waals surface area contributed by atoms with Gasteiger partial charge in [-0.2, -0.15) is 0 Å². The molecule has 0 amide bonds. The predicted molar refractivity (Wildman–Crippen MR) is 62.3 cm³/mol. The topological polar surface area (TPSA) is 24.9 Å². The number of aromatic nitrogens is 1. The van der Waals surface area contributed by atoms with Gasteiger partial charge in [0.05, 0.1) is 5.02 Å². The van der Waals surface area contributed by atoms with Gasteiger partial charge in [0.2, 0.25) is 0 Å². The van der Waals surface area contributed by atoms with Gasteiger partial charge in [-0.25, -0.2) is 4.98 Å². The Labute approximate surface area is 94.6 Å². The van der Waals surface area contributed by atoms with E-state index in [0.29, 0.717) is 16.7 Å². The Morgan fingerprint density at radius 1 is 1.57 bits per heavy atom. The normalized spacial score (nSPS) is 14.9. The molecule has 1 aromatic rings. The first-order chi connectivity index (χ1) is 6.61. The Bertz CT molecular complexity index is 298. The van der Waals surface area contributed by atoms with Crippen molar-refractivity contribution in [3.05, 3.63) is 23.4 Å². The highest BCUT2D eigenvalue weighted by molar-refractivity contribution is 6.32. The summed E-state index contributed by atoms with van der Waals surface area (Å²) in [5, 5.41) is 3.87. The first-order valence-corrected chi connectivity index (χ1v) is 5.47. The van der Waals surface area contributed by atoms with Crippen LogP contribution < -0.4 is 5.32 Å². The lowest BCUT2D eigenvalue weighted by atomic mass is 10.0. The van der Waals surface area contributed by atoms with Crippen LogP contribution in [0.2, 0.25) is 5.02 Å². The predicted octanol–water partition coefficient (Wildman–Crippen LogP) is 3.55. The molecule has 1 unspecified atom stereocenters. The molecule has 0 saturated carbocycles. The van der Waals surface area contributed by atoms with Crippen molar-refractivity contribution in [1.82, 2.24) is 4.98 Å². The summed E-state index contributed by atoms with van der Waals surface area (Å²) in [5.74, 6) is 1.22. The summed E-state index contributed by atoms with van der Waals surface area (Å²) in [5.41, 5.74) is -0.153. The number of rotatable bonds is 4. The molecule has 78 valence electrons. The van der Waals surface area contributed by atoms with Gasteiger partial charge in [0.15, 0.2) is 0 Å². The Hall–Kier alpha value is -0.470. The third-order valence-electron chi connectivity index (χ3n) is 2.25. The van der Waals surface area contributed by atoms with Crippen molar-refractivity contribution in [3.8, 4) is 0 Å². The Morgan fingerprint density at radius 2 is 2.29 bits per heavy atom. The van der Waals surface area contributed by atoms with E-state index in [2.05, 4.69) is 17.2 Å². The summed E-state index contributed by atoms with van der Waals surface area (Å²) < 4.78 is 0. The van der Waals surface area contributed by atoms with Crippen molar-refractivity contribution in [2.75, 3.05) is 11.2 Å². The van der Waals surface area contributed by atoms with Gasteiger partial charge in [-0.05, 0) is 25.5 Å². The number of hydrogen-bond acceptors (Lipinski definition) is 2. The molecule has 1 rings (SSSR count). The summed E-state index contributed by atoms with van der Waals surface area (Å²) in [6.07, 6.45) is 2.63. The zero-order chi connectivity index (χ0) is 10.6. The smallest absolute Gasteiger partial charge is 0.145 e. The van der Waals surface area contributed by atoms with E-state index in [1.807, 2.05) is 6.92 Å². The number of nitrogens with one attached hydrogen (secondary N) is 1. The highest BCUT2D eigenvalue weighted by Gasteiger charge is 2.21. The molecule has 0 aliphatic heterocycles. The van der Waals surface area contributed by atoms with E-state index in [1.54, 1.807) is 18.3 Å². The zero-order valence-corrected chi connectivity index (χ0v) is 9.86. The van der Waals surface area contributed by atoms with Gasteiger partial charge in [-0.3, -0.25) is 0 Å². The molecule has 0 aromatic carbocycles. The molecule has 1 atom stereocenters. The van der Waals surface area contributed by atoms with Crippen LogP contribution in [0.25, 0.3) is 0 Å². The van der Waals surface area contributed by atoms with E-state index in [-0.39, 0.29) is 5.54 Å². The van der Waals surface area contributed by atoms with Crippen LogP contribution in [0.4, 0.5) is 5.82 Å². The van der Waals surface area contributed by atoms with Gasteiger partial charge in [0.1, 0.15) is 5.82 Å². The summed E-state index contributed by atoms with van der Waals surface area (Å²) in [4.78, 5) is 4.16. The average Bonchev–Trinajstić information content (AvgIpc) is 2.21. The molecule has 0 aliphatic rings. The van der Waals surface area contributed by atoms with E-state index in [9.17, 15) is 0 Å². The molecule has 0 fully saturated rings. The molecular weight excluding hydrogens is 219 g/mol. The molecule has 2 nitrogen and oxygen atoms in total. The van der Waals surface area contributed by atoms with Crippen molar-refractivity contribution in [3.63, 3.8) is 0 Å². The maximum atomic E-state index is 5.98. The molecule has 0 radical (unpaired) electrons. The number of nitrogens with zero attached hydrogens (tertiary/aromatic N) is 1. The van der Waals surface area contributed by atoms with E-state index >= 15 is 0 Å². The lowest BCUT2D eigenvalue weighted by Crippen LogP contribution is -2.36. The average molecular weight is 233 g/mol. The van der Waals surface area contributed by atoms with Crippen LogP contribution in [0.5, 0.6) is 0 Å².